The quantitative estimate of drug-likeness (QED) is 0.585. The Morgan fingerprint density at radius 1 is 1.37 bits per heavy atom. The van der Waals surface area contributed by atoms with Crippen molar-refractivity contribution in [3.8, 4) is 12.1 Å². The minimum atomic E-state index is -1.24. The first-order valence-corrected chi connectivity index (χ1v) is 5.47. The highest BCUT2D eigenvalue weighted by molar-refractivity contribution is 5.98. The van der Waals surface area contributed by atoms with E-state index in [0.29, 0.717) is 0 Å². The summed E-state index contributed by atoms with van der Waals surface area (Å²) in [5.41, 5.74) is 0. The Morgan fingerprint density at radius 2 is 2.00 bits per heavy atom. The molecule has 19 heavy (non-hydrogen) atoms. The standard InChI is InChI=1S/C13H12N2O4/c1-8(16)11(13(17)18-2)12(9(6-14)7-15)10-4-3-5-19-10/h3-5,9,11-12H,1-2H3/t11-,12+/m1/s1. The molecule has 1 heterocycles. The van der Waals surface area contributed by atoms with E-state index >= 15 is 0 Å². The molecule has 0 aliphatic rings. The predicted molar refractivity (Wildman–Crippen MR) is 62.4 cm³/mol. The Balaban J connectivity index is 3.30. The lowest BCUT2D eigenvalue weighted by Gasteiger charge is -2.21. The molecule has 98 valence electrons. The van der Waals surface area contributed by atoms with E-state index in [0.717, 1.165) is 7.11 Å². The molecule has 6 nitrogen and oxygen atoms in total. The van der Waals surface area contributed by atoms with Gasteiger partial charge in [0, 0.05) is 0 Å². The van der Waals surface area contributed by atoms with Crippen LogP contribution in [0, 0.1) is 34.5 Å². The van der Waals surface area contributed by atoms with Crippen LogP contribution in [0.5, 0.6) is 0 Å². The third-order valence-corrected chi connectivity index (χ3v) is 2.76. The Kier molecular flexibility index (Phi) is 4.84. The number of esters is 1. The van der Waals surface area contributed by atoms with Crippen LogP contribution in [-0.2, 0) is 14.3 Å². The number of nitrogens with zero attached hydrogens (tertiary/aromatic N) is 2. The van der Waals surface area contributed by atoms with Gasteiger partial charge in [0.1, 0.15) is 23.4 Å². The summed E-state index contributed by atoms with van der Waals surface area (Å²) in [4.78, 5) is 23.4. The van der Waals surface area contributed by atoms with E-state index in [1.54, 1.807) is 18.2 Å². The molecule has 1 rings (SSSR count). The summed E-state index contributed by atoms with van der Waals surface area (Å²) in [6.45, 7) is 1.21. The number of Topliss-reactive ketones (excluding diaryl/α,β-unsaturated/α-hetero) is 1. The van der Waals surface area contributed by atoms with Crippen molar-refractivity contribution in [2.75, 3.05) is 7.11 Å². The second-order valence-electron chi connectivity index (χ2n) is 3.89. The molecule has 0 radical (unpaired) electrons. The minimum Gasteiger partial charge on any atom is -0.469 e. The van der Waals surface area contributed by atoms with Crippen LogP contribution >= 0.6 is 0 Å². The van der Waals surface area contributed by atoms with Crippen molar-refractivity contribution in [1.29, 1.82) is 10.5 Å². The summed E-state index contributed by atoms with van der Waals surface area (Å²) >= 11 is 0. The number of ketones is 1. The van der Waals surface area contributed by atoms with Crippen molar-refractivity contribution in [2.45, 2.75) is 12.8 Å². The summed E-state index contributed by atoms with van der Waals surface area (Å²) in [7, 11) is 1.14. The topological polar surface area (TPSA) is 104 Å². The molecule has 0 fully saturated rings. The van der Waals surface area contributed by atoms with Crippen molar-refractivity contribution < 1.29 is 18.7 Å². The minimum absolute atomic E-state index is 0.235. The van der Waals surface area contributed by atoms with Crippen LogP contribution in [0.2, 0.25) is 0 Å². The lowest BCUT2D eigenvalue weighted by atomic mass is 9.79. The first kappa shape index (κ1) is 14.5. The van der Waals surface area contributed by atoms with Crippen LogP contribution in [0.4, 0.5) is 0 Å². The zero-order valence-corrected chi connectivity index (χ0v) is 10.5. The van der Waals surface area contributed by atoms with Gasteiger partial charge in [0.05, 0.1) is 31.4 Å². The highest BCUT2D eigenvalue weighted by atomic mass is 16.5. The number of hydrogen-bond acceptors (Lipinski definition) is 6. The molecule has 0 aliphatic heterocycles. The fourth-order valence-electron chi connectivity index (χ4n) is 1.88. The maximum Gasteiger partial charge on any atom is 0.317 e. The van der Waals surface area contributed by atoms with Gasteiger partial charge in [-0.15, -0.1) is 0 Å². The molecule has 0 spiro atoms. The van der Waals surface area contributed by atoms with E-state index in [1.165, 1.54) is 19.3 Å². The lowest BCUT2D eigenvalue weighted by molar-refractivity contribution is -0.150. The second kappa shape index (κ2) is 6.36. The normalized spacial score (nSPS) is 13.1. The summed E-state index contributed by atoms with van der Waals surface area (Å²) in [5, 5.41) is 18.0. The second-order valence-corrected chi connectivity index (χ2v) is 3.89. The number of hydrogen-bond donors (Lipinski definition) is 0. The van der Waals surface area contributed by atoms with Gasteiger partial charge < -0.3 is 9.15 Å². The van der Waals surface area contributed by atoms with Gasteiger partial charge >= 0.3 is 5.97 Å². The molecule has 0 bridgehead atoms. The molecule has 0 saturated carbocycles. The van der Waals surface area contributed by atoms with E-state index in [-0.39, 0.29) is 5.76 Å². The van der Waals surface area contributed by atoms with E-state index in [9.17, 15) is 9.59 Å². The molecule has 0 N–H and O–H groups in total. The largest absolute Gasteiger partial charge is 0.469 e. The van der Waals surface area contributed by atoms with Gasteiger partial charge in [-0.05, 0) is 19.1 Å². The molecule has 0 aliphatic carbocycles. The fraction of sp³-hybridized carbons (Fsp3) is 0.385. The van der Waals surface area contributed by atoms with E-state index < -0.39 is 29.5 Å². The first-order valence-electron chi connectivity index (χ1n) is 5.47. The highest BCUT2D eigenvalue weighted by Gasteiger charge is 2.41. The van der Waals surface area contributed by atoms with Crippen molar-refractivity contribution in [3.05, 3.63) is 24.2 Å². The van der Waals surface area contributed by atoms with Gasteiger partial charge in [0.25, 0.3) is 0 Å². The number of carbonyl (C=O) groups is 2. The maximum absolute atomic E-state index is 11.7. The SMILES string of the molecule is COC(=O)[C@H](C(C)=O)[C@H](c1ccco1)C(C#N)C#N. The smallest absolute Gasteiger partial charge is 0.317 e. The molecule has 6 heteroatoms. The van der Waals surface area contributed by atoms with Crippen molar-refractivity contribution >= 4 is 11.8 Å². The number of methoxy groups -OCH3 is 1. The molecular weight excluding hydrogens is 248 g/mol. The molecular formula is C13H12N2O4. The number of rotatable bonds is 5. The highest BCUT2D eigenvalue weighted by Crippen LogP contribution is 2.33. The molecule has 1 aromatic rings. The Hall–Kier alpha value is -2.60. The third kappa shape index (κ3) is 2.99. The fourth-order valence-corrected chi connectivity index (χ4v) is 1.88. The maximum atomic E-state index is 11.7. The number of carbonyl (C=O) groups excluding carboxylic acids is 2. The Morgan fingerprint density at radius 3 is 2.37 bits per heavy atom. The van der Waals surface area contributed by atoms with Crippen molar-refractivity contribution in [2.24, 2.45) is 11.8 Å². The van der Waals surface area contributed by atoms with Gasteiger partial charge in [-0.2, -0.15) is 10.5 Å². The van der Waals surface area contributed by atoms with Gasteiger partial charge in [0.15, 0.2) is 0 Å². The predicted octanol–water partition coefficient (Wildman–Crippen LogP) is 1.40. The van der Waals surface area contributed by atoms with E-state index in [2.05, 4.69) is 4.74 Å². The van der Waals surface area contributed by atoms with E-state index in [4.69, 9.17) is 14.9 Å². The molecule has 0 unspecified atom stereocenters. The zero-order valence-electron chi connectivity index (χ0n) is 10.5. The van der Waals surface area contributed by atoms with Crippen LogP contribution in [0.1, 0.15) is 18.6 Å². The summed E-state index contributed by atoms with van der Waals surface area (Å²) in [6.07, 6.45) is 1.35. The number of nitriles is 2. The monoisotopic (exact) mass is 260 g/mol. The van der Waals surface area contributed by atoms with Crippen LogP contribution in [0.25, 0.3) is 0 Å². The van der Waals surface area contributed by atoms with Crippen molar-refractivity contribution in [1.82, 2.24) is 0 Å². The van der Waals surface area contributed by atoms with Crippen LogP contribution < -0.4 is 0 Å². The molecule has 0 amide bonds. The molecule has 0 saturated heterocycles. The average molecular weight is 260 g/mol. The van der Waals surface area contributed by atoms with Gasteiger partial charge in [0.2, 0.25) is 0 Å². The molecule has 2 atom stereocenters. The van der Waals surface area contributed by atoms with Crippen LogP contribution in [0.15, 0.2) is 22.8 Å². The Labute approximate surface area is 110 Å². The van der Waals surface area contributed by atoms with Crippen LogP contribution in [-0.4, -0.2) is 18.9 Å². The van der Waals surface area contributed by atoms with Crippen molar-refractivity contribution in [3.63, 3.8) is 0 Å². The average Bonchev–Trinajstić information content (AvgIpc) is 2.91. The lowest BCUT2D eigenvalue weighted by Crippen LogP contribution is -2.33. The summed E-state index contributed by atoms with van der Waals surface area (Å²) in [6, 6.07) is 6.62. The first-order chi connectivity index (χ1) is 9.06. The van der Waals surface area contributed by atoms with Gasteiger partial charge in [-0.1, -0.05) is 0 Å². The third-order valence-electron chi connectivity index (χ3n) is 2.76. The zero-order chi connectivity index (χ0) is 14.4. The Bertz CT molecular complexity index is 522. The number of ether oxygens (including phenoxy) is 1. The summed E-state index contributed by atoms with van der Waals surface area (Å²) < 4.78 is 9.72. The molecule has 1 aromatic heterocycles. The van der Waals surface area contributed by atoms with Gasteiger partial charge in [-0.25, -0.2) is 0 Å². The van der Waals surface area contributed by atoms with Gasteiger partial charge in [-0.3, -0.25) is 9.59 Å². The van der Waals surface area contributed by atoms with Crippen LogP contribution in [0.3, 0.4) is 0 Å². The summed E-state index contributed by atoms with van der Waals surface area (Å²) in [5.74, 6) is -4.43. The number of furan rings is 1. The van der Waals surface area contributed by atoms with E-state index in [1.807, 2.05) is 0 Å². The molecule has 0 aromatic carbocycles.